The van der Waals surface area contributed by atoms with Crippen LogP contribution >= 0.6 is 27.5 Å². The molecule has 0 spiro atoms. The van der Waals surface area contributed by atoms with Gasteiger partial charge < -0.3 is 4.74 Å². The summed E-state index contributed by atoms with van der Waals surface area (Å²) < 4.78 is 6.95. The van der Waals surface area contributed by atoms with Gasteiger partial charge >= 0.3 is 0 Å². The van der Waals surface area contributed by atoms with Crippen molar-refractivity contribution in [3.63, 3.8) is 0 Å². The van der Waals surface area contributed by atoms with Crippen LogP contribution < -0.4 is 4.74 Å². The van der Waals surface area contributed by atoms with Gasteiger partial charge in [0.1, 0.15) is 11.5 Å². The molecule has 0 amide bonds. The highest BCUT2D eigenvalue weighted by molar-refractivity contribution is 9.10. The molecule has 0 aliphatic heterocycles. The lowest BCUT2D eigenvalue weighted by Gasteiger charge is -2.19. The molecule has 0 radical (unpaired) electrons. The van der Waals surface area contributed by atoms with Gasteiger partial charge in [0.15, 0.2) is 0 Å². The predicted octanol–water partition coefficient (Wildman–Crippen LogP) is 7.86. The average molecular weight is 416 g/mol. The number of hydrogen-bond donors (Lipinski definition) is 0. The van der Waals surface area contributed by atoms with Crippen LogP contribution in [0, 0.1) is 0 Å². The zero-order valence-corrected chi connectivity index (χ0v) is 16.9. The van der Waals surface area contributed by atoms with E-state index < -0.39 is 0 Å². The van der Waals surface area contributed by atoms with E-state index in [1.165, 1.54) is 5.56 Å². The van der Waals surface area contributed by atoms with Crippen molar-refractivity contribution < 1.29 is 4.74 Å². The Morgan fingerprint density at radius 1 is 0.760 bits per heavy atom. The third-order valence-electron chi connectivity index (χ3n) is 4.00. The molecule has 0 aliphatic rings. The number of halogens is 2. The SMILES string of the molecule is CC(C)(C)c1ccc(-c2cc(Br)cc(Oc3ccc(Cl)cc3)c2)cc1. The van der Waals surface area contributed by atoms with Crippen molar-refractivity contribution in [1.82, 2.24) is 0 Å². The molecule has 3 aromatic rings. The molecular weight excluding hydrogens is 396 g/mol. The third kappa shape index (κ3) is 4.65. The quantitative estimate of drug-likeness (QED) is 0.423. The number of ether oxygens (including phenoxy) is 1. The van der Waals surface area contributed by atoms with E-state index in [1.807, 2.05) is 36.4 Å². The first-order valence-electron chi connectivity index (χ1n) is 8.16. The third-order valence-corrected chi connectivity index (χ3v) is 4.71. The number of rotatable bonds is 3. The van der Waals surface area contributed by atoms with Gasteiger partial charge in [-0.15, -0.1) is 0 Å². The fourth-order valence-corrected chi connectivity index (χ4v) is 3.19. The monoisotopic (exact) mass is 414 g/mol. The Bertz CT molecular complexity index is 862. The summed E-state index contributed by atoms with van der Waals surface area (Å²) in [7, 11) is 0. The molecular formula is C22H20BrClO. The van der Waals surface area contributed by atoms with E-state index in [0.29, 0.717) is 5.02 Å². The molecule has 0 bridgehead atoms. The predicted molar refractivity (Wildman–Crippen MR) is 110 cm³/mol. The van der Waals surface area contributed by atoms with Gasteiger partial charge in [0.25, 0.3) is 0 Å². The lowest BCUT2D eigenvalue weighted by atomic mass is 9.86. The van der Waals surface area contributed by atoms with Crippen molar-refractivity contribution in [2.75, 3.05) is 0 Å². The van der Waals surface area contributed by atoms with E-state index in [2.05, 4.69) is 67.0 Å². The summed E-state index contributed by atoms with van der Waals surface area (Å²) in [6, 6.07) is 22.2. The van der Waals surface area contributed by atoms with Crippen LogP contribution in [0.25, 0.3) is 11.1 Å². The molecule has 0 fully saturated rings. The minimum Gasteiger partial charge on any atom is -0.457 e. The lowest BCUT2D eigenvalue weighted by Crippen LogP contribution is -2.10. The number of benzene rings is 3. The van der Waals surface area contributed by atoms with Crippen molar-refractivity contribution in [2.24, 2.45) is 0 Å². The van der Waals surface area contributed by atoms with Crippen molar-refractivity contribution >= 4 is 27.5 Å². The molecule has 0 N–H and O–H groups in total. The Labute approximate surface area is 162 Å². The molecule has 0 saturated heterocycles. The zero-order chi connectivity index (χ0) is 18.0. The Morgan fingerprint density at radius 3 is 2.00 bits per heavy atom. The summed E-state index contributed by atoms with van der Waals surface area (Å²) in [5.74, 6) is 1.54. The van der Waals surface area contributed by atoms with Crippen LogP contribution in [0.2, 0.25) is 5.02 Å². The summed E-state index contributed by atoms with van der Waals surface area (Å²) in [6.45, 7) is 6.66. The summed E-state index contributed by atoms with van der Waals surface area (Å²) in [4.78, 5) is 0. The normalized spacial score (nSPS) is 11.4. The van der Waals surface area contributed by atoms with Gasteiger partial charge in [0, 0.05) is 9.50 Å². The summed E-state index contributed by atoms with van der Waals surface area (Å²) in [5.41, 5.74) is 3.75. The first kappa shape index (κ1) is 18.0. The lowest BCUT2D eigenvalue weighted by molar-refractivity contribution is 0.482. The van der Waals surface area contributed by atoms with E-state index in [-0.39, 0.29) is 5.41 Å². The molecule has 0 aromatic heterocycles. The Balaban J connectivity index is 1.90. The molecule has 0 aliphatic carbocycles. The van der Waals surface area contributed by atoms with E-state index in [0.717, 1.165) is 27.1 Å². The van der Waals surface area contributed by atoms with Crippen LogP contribution in [0.15, 0.2) is 71.2 Å². The van der Waals surface area contributed by atoms with E-state index in [1.54, 1.807) is 0 Å². The first-order chi connectivity index (χ1) is 11.8. The minimum atomic E-state index is 0.151. The van der Waals surface area contributed by atoms with Crippen LogP contribution in [0.3, 0.4) is 0 Å². The van der Waals surface area contributed by atoms with Gasteiger partial charge in [-0.2, -0.15) is 0 Å². The fraction of sp³-hybridized carbons (Fsp3) is 0.182. The highest BCUT2D eigenvalue weighted by atomic mass is 79.9. The van der Waals surface area contributed by atoms with Gasteiger partial charge in [-0.25, -0.2) is 0 Å². The van der Waals surface area contributed by atoms with Crippen LogP contribution in [-0.4, -0.2) is 0 Å². The Hall–Kier alpha value is -1.77. The van der Waals surface area contributed by atoms with Gasteiger partial charge in [0.2, 0.25) is 0 Å². The molecule has 3 heteroatoms. The Kier molecular flexibility index (Phi) is 5.21. The maximum atomic E-state index is 5.97. The van der Waals surface area contributed by atoms with Crippen LogP contribution in [0.4, 0.5) is 0 Å². The topological polar surface area (TPSA) is 9.23 Å². The second-order valence-corrected chi connectivity index (χ2v) is 8.41. The van der Waals surface area contributed by atoms with E-state index in [4.69, 9.17) is 16.3 Å². The smallest absolute Gasteiger partial charge is 0.129 e. The standard InChI is InChI=1S/C22H20BrClO/c1-22(2,3)17-6-4-15(5-7-17)16-12-18(23)14-21(13-16)25-20-10-8-19(24)9-11-20/h4-14H,1-3H3. The highest BCUT2D eigenvalue weighted by Gasteiger charge is 2.13. The largest absolute Gasteiger partial charge is 0.457 e. The zero-order valence-electron chi connectivity index (χ0n) is 14.5. The van der Waals surface area contributed by atoms with Crippen LogP contribution in [-0.2, 0) is 5.41 Å². The van der Waals surface area contributed by atoms with Gasteiger partial charge in [-0.05, 0) is 64.6 Å². The summed E-state index contributed by atoms with van der Waals surface area (Å²) in [5, 5.41) is 0.696. The molecule has 1 nitrogen and oxygen atoms in total. The highest BCUT2D eigenvalue weighted by Crippen LogP contribution is 2.33. The first-order valence-corrected chi connectivity index (χ1v) is 9.33. The maximum absolute atomic E-state index is 5.97. The minimum absolute atomic E-state index is 0.151. The molecule has 0 atom stereocenters. The molecule has 128 valence electrons. The molecule has 3 rings (SSSR count). The van der Waals surface area contributed by atoms with Crippen molar-refractivity contribution in [3.8, 4) is 22.6 Å². The van der Waals surface area contributed by atoms with E-state index >= 15 is 0 Å². The molecule has 0 heterocycles. The van der Waals surface area contributed by atoms with Crippen LogP contribution in [0.1, 0.15) is 26.3 Å². The summed E-state index contributed by atoms with van der Waals surface area (Å²) >= 11 is 9.51. The average Bonchev–Trinajstić information content (AvgIpc) is 2.56. The van der Waals surface area contributed by atoms with Gasteiger partial charge in [-0.1, -0.05) is 72.6 Å². The van der Waals surface area contributed by atoms with Crippen molar-refractivity contribution in [3.05, 3.63) is 81.8 Å². The van der Waals surface area contributed by atoms with Crippen LogP contribution in [0.5, 0.6) is 11.5 Å². The van der Waals surface area contributed by atoms with Gasteiger partial charge in [-0.3, -0.25) is 0 Å². The Morgan fingerprint density at radius 2 is 1.40 bits per heavy atom. The van der Waals surface area contributed by atoms with Crippen molar-refractivity contribution in [2.45, 2.75) is 26.2 Å². The molecule has 0 unspecified atom stereocenters. The molecule has 25 heavy (non-hydrogen) atoms. The maximum Gasteiger partial charge on any atom is 0.129 e. The van der Waals surface area contributed by atoms with Gasteiger partial charge in [0.05, 0.1) is 0 Å². The second-order valence-electron chi connectivity index (χ2n) is 7.06. The summed E-state index contributed by atoms with van der Waals surface area (Å²) in [6.07, 6.45) is 0. The van der Waals surface area contributed by atoms with Crippen molar-refractivity contribution in [1.29, 1.82) is 0 Å². The molecule has 0 saturated carbocycles. The van der Waals surface area contributed by atoms with E-state index in [9.17, 15) is 0 Å². The molecule has 3 aromatic carbocycles. The second kappa shape index (κ2) is 7.23. The fourth-order valence-electron chi connectivity index (χ4n) is 2.59. The number of hydrogen-bond acceptors (Lipinski definition) is 1.